The van der Waals surface area contributed by atoms with Crippen LogP contribution in [0.1, 0.15) is 43.4 Å². The minimum absolute atomic E-state index is 0.0338. The average Bonchev–Trinajstić information content (AvgIpc) is 2.98. The van der Waals surface area contributed by atoms with Gasteiger partial charge in [-0.05, 0) is 62.9 Å². The Morgan fingerprint density at radius 1 is 1.09 bits per heavy atom. The summed E-state index contributed by atoms with van der Waals surface area (Å²) in [5.41, 5.74) is 2.91. The Morgan fingerprint density at radius 3 is 2.36 bits per heavy atom. The van der Waals surface area contributed by atoms with E-state index in [0.29, 0.717) is 32.5 Å². The maximum atomic E-state index is 13.3. The molecule has 0 unspecified atom stereocenters. The fraction of sp³-hybridized carbons (Fsp3) is 0.440. The van der Waals surface area contributed by atoms with Crippen LogP contribution < -0.4 is 10.2 Å². The van der Waals surface area contributed by atoms with Crippen molar-refractivity contribution in [1.82, 2.24) is 9.62 Å². The zero-order valence-electron chi connectivity index (χ0n) is 19.6. The number of likely N-dealkylation sites (N-methyl/N-ethyl adjacent to an activating group) is 1. The first-order chi connectivity index (χ1) is 15.5. The molecule has 8 heteroatoms. The van der Waals surface area contributed by atoms with Crippen LogP contribution >= 0.6 is 0 Å². The largest absolute Gasteiger partial charge is 0.352 e. The van der Waals surface area contributed by atoms with Crippen molar-refractivity contribution >= 4 is 27.5 Å². The third kappa shape index (κ3) is 4.29. The number of aryl methyl sites for hydroxylation is 1. The maximum Gasteiger partial charge on any atom is 0.243 e. The number of carbonyl (C=O) groups excluding carboxylic acids is 2. The zero-order chi connectivity index (χ0) is 24.0. The number of fused-ring (bicyclic) bond motifs is 1. The van der Waals surface area contributed by atoms with Gasteiger partial charge in [-0.2, -0.15) is 4.31 Å². The van der Waals surface area contributed by atoms with Crippen molar-refractivity contribution in [2.75, 3.05) is 25.0 Å². The molecule has 2 aromatic rings. The molecule has 2 aliphatic rings. The summed E-state index contributed by atoms with van der Waals surface area (Å²) in [7, 11) is -2.00. The molecule has 33 heavy (non-hydrogen) atoms. The monoisotopic (exact) mass is 469 g/mol. The van der Waals surface area contributed by atoms with Gasteiger partial charge in [0.15, 0.2) is 0 Å². The summed E-state index contributed by atoms with van der Waals surface area (Å²) in [4.78, 5) is 26.9. The number of benzene rings is 2. The van der Waals surface area contributed by atoms with Crippen LogP contribution in [0.3, 0.4) is 0 Å². The van der Waals surface area contributed by atoms with Gasteiger partial charge in [0.05, 0.1) is 10.3 Å². The molecule has 0 bridgehead atoms. The molecule has 0 saturated carbocycles. The Labute approximate surface area is 195 Å². The summed E-state index contributed by atoms with van der Waals surface area (Å²) in [6, 6.07) is 12.9. The number of carbonyl (C=O) groups is 2. The van der Waals surface area contributed by atoms with Crippen LogP contribution in [0.15, 0.2) is 47.4 Å². The van der Waals surface area contributed by atoms with Crippen LogP contribution in [0.2, 0.25) is 0 Å². The third-order valence-electron chi connectivity index (χ3n) is 6.89. The highest BCUT2D eigenvalue weighted by Gasteiger charge is 2.43. The van der Waals surface area contributed by atoms with Gasteiger partial charge < -0.3 is 10.2 Å². The second-order valence-electron chi connectivity index (χ2n) is 9.55. The number of hydrogen-bond donors (Lipinski definition) is 1. The average molecular weight is 470 g/mol. The smallest absolute Gasteiger partial charge is 0.243 e. The first-order valence-electron chi connectivity index (χ1n) is 11.3. The molecular formula is C25H31N3O4S. The van der Waals surface area contributed by atoms with Gasteiger partial charge in [0.25, 0.3) is 0 Å². The standard InChI is InChI=1S/C25H31N3O4S/c1-17-5-7-18(8-6-17)16-26-23(29)19-11-13-28(14-12-19)33(31,32)20-9-10-22-21(15-20)25(2,3)24(30)27(22)4/h5-10,15,19H,11-14,16H2,1-4H3,(H,26,29). The van der Waals surface area contributed by atoms with Gasteiger partial charge in [0, 0.05) is 38.3 Å². The minimum Gasteiger partial charge on any atom is -0.352 e. The van der Waals surface area contributed by atoms with E-state index < -0.39 is 15.4 Å². The van der Waals surface area contributed by atoms with Gasteiger partial charge >= 0.3 is 0 Å². The van der Waals surface area contributed by atoms with Crippen LogP contribution in [0.5, 0.6) is 0 Å². The molecule has 4 rings (SSSR count). The quantitative estimate of drug-likeness (QED) is 0.729. The lowest BCUT2D eigenvalue weighted by Crippen LogP contribution is -2.42. The molecule has 1 fully saturated rings. The Hall–Kier alpha value is -2.71. The third-order valence-corrected chi connectivity index (χ3v) is 8.79. The summed E-state index contributed by atoms with van der Waals surface area (Å²) in [6.45, 7) is 6.71. The summed E-state index contributed by atoms with van der Waals surface area (Å²) in [5, 5.41) is 2.98. The van der Waals surface area contributed by atoms with E-state index in [-0.39, 0.29) is 22.6 Å². The van der Waals surface area contributed by atoms with E-state index in [1.807, 2.05) is 45.0 Å². The molecular weight excluding hydrogens is 438 g/mol. The Balaban J connectivity index is 1.40. The molecule has 0 atom stereocenters. The highest BCUT2D eigenvalue weighted by atomic mass is 32.2. The lowest BCUT2D eigenvalue weighted by molar-refractivity contribution is -0.126. The van der Waals surface area contributed by atoms with Crippen LogP contribution in [-0.2, 0) is 31.6 Å². The van der Waals surface area contributed by atoms with E-state index in [2.05, 4.69) is 5.32 Å². The second-order valence-corrected chi connectivity index (χ2v) is 11.5. The van der Waals surface area contributed by atoms with E-state index in [1.54, 1.807) is 30.1 Å². The molecule has 2 aromatic carbocycles. The van der Waals surface area contributed by atoms with E-state index in [0.717, 1.165) is 16.8 Å². The van der Waals surface area contributed by atoms with Gasteiger partial charge in [-0.25, -0.2) is 8.42 Å². The summed E-state index contributed by atoms with van der Waals surface area (Å²) >= 11 is 0. The predicted octanol–water partition coefficient (Wildman–Crippen LogP) is 2.97. The molecule has 0 aromatic heterocycles. The lowest BCUT2D eigenvalue weighted by atomic mass is 9.86. The SMILES string of the molecule is Cc1ccc(CNC(=O)C2CCN(S(=O)(=O)c3ccc4c(c3)C(C)(C)C(=O)N4C)CC2)cc1. The van der Waals surface area contributed by atoms with Crippen molar-refractivity contribution in [3.63, 3.8) is 0 Å². The number of rotatable bonds is 5. The zero-order valence-corrected chi connectivity index (χ0v) is 20.4. The molecule has 0 spiro atoms. The topological polar surface area (TPSA) is 86.8 Å². The molecule has 2 heterocycles. The maximum absolute atomic E-state index is 13.3. The van der Waals surface area contributed by atoms with Gasteiger partial charge in [-0.3, -0.25) is 9.59 Å². The molecule has 1 saturated heterocycles. The normalized spacial score (nSPS) is 18.9. The molecule has 7 nitrogen and oxygen atoms in total. The van der Waals surface area contributed by atoms with Crippen molar-refractivity contribution < 1.29 is 18.0 Å². The fourth-order valence-electron chi connectivity index (χ4n) is 4.66. The highest BCUT2D eigenvalue weighted by Crippen LogP contribution is 2.42. The van der Waals surface area contributed by atoms with Crippen molar-refractivity contribution in [3.05, 3.63) is 59.2 Å². The van der Waals surface area contributed by atoms with Gasteiger partial charge in [-0.1, -0.05) is 29.8 Å². The van der Waals surface area contributed by atoms with Crippen molar-refractivity contribution in [3.8, 4) is 0 Å². The van der Waals surface area contributed by atoms with E-state index in [9.17, 15) is 18.0 Å². The van der Waals surface area contributed by atoms with Crippen molar-refractivity contribution in [2.24, 2.45) is 5.92 Å². The van der Waals surface area contributed by atoms with Crippen LogP contribution in [-0.4, -0.2) is 44.7 Å². The molecule has 176 valence electrons. The lowest BCUT2D eigenvalue weighted by Gasteiger charge is -2.30. The van der Waals surface area contributed by atoms with Gasteiger partial charge in [0.2, 0.25) is 21.8 Å². The number of sulfonamides is 1. The summed E-state index contributed by atoms with van der Waals surface area (Å²) < 4.78 is 28.1. The Kier molecular flexibility index (Phi) is 6.09. The van der Waals surface area contributed by atoms with Gasteiger partial charge in [0.1, 0.15) is 0 Å². The number of hydrogen-bond acceptors (Lipinski definition) is 4. The number of nitrogens with zero attached hydrogens (tertiary/aromatic N) is 2. The fourth-order valence-corrected chi connectivity index (χ4v) is 6.16. The van der Waals surface area contributed by atoms with E-state index in [4.69, 9.17) is 0 Å². The molecule has 2 aliphatic heterocycles. The first kappa shape index (κ1) is 23.4. The minimum atomic E-state index is -3.71. The van der Waals surface area contributed by atoms with Crippen molar-refractivity contribution in [1.29, 1.82) is 0 Å². The van der Waals surface area contributed by atoms with E-state index >= 15 is 0 Å². The predicted molar refractivity (Wildman–Crippen MR) is 127 cm³/mol. The summed E-state index contributed by atoms with van der Waals surface area (Å²) in [6.07, 6.45) is 0.966. The molecule has 0 radical (unpaired) electrons. The van der Waals surface area contributed by atoms with Crippen LogP contribution in [0.25, 0.3) is 0 Å². The highest BCUT2D eigenvalue weighted by molar-refractivity contribution is 7.89. The number of nitrogens with one attached hydrogen (secondary N) is 1. The van der Waals surface area contributed by atoms with Crippen LogP contribution in [0, 0.1) is 12.8 Å². The number of amides is 2. The van der Waals surface area contributed by atoms with Gasteiger partial charge in [-0.15, -0.1) is 0 Å². The van der Waals surface area contributed by atoms with E-state index in [1.165, 1.54) is 9.87 Å². The Morgan fingerprint density at radius 2 is 1.73 bits per heavy atom. The molecule has 2 amide bonds. The Bertz CT molecular complexity index is 1180. The van der Waals surface area contributed by atoms with Crippen molar-refractivity contribution in [2.45, 2.75) is 50.5 Å². The van der Waals surface area contributed by atoms with Crippen LogP contribution in [0.4, 0.5) is 5.69 Å². The molecule has 1 N–H and O–H groups in total. The molecule has 0 aliphatic carbocycles. The second kappa shape index (κ2) is 8.57. The number of piperidine rings is 1. The first-order valence-corrected chi connectivity index (χ1v) is 12.7. The summed E-state index contributed by atoms with van der Waals surface area (Å²) in [5.74, 6) is -0.287. The number of anilines is 1.